The number of hydrogen-bond acceptors (Lipinski definition) is 11. The van der Waals surface area contributed by atoms with Gasteiger partial charge in [-0.15, -0.1) is 0 Å². The van der Waals surface area contributed by atoms with Crippen molar-refractivity contribution >= 4 is 73.6 Å². The third-order valence-electron chi connectivity index (χ3n) is 12.4. The van der Waals surface area contributed by atoms with Gasteiger partial charge in [-0.1, -0.05) is 101 Å². The van der Waals surface area contributed by atoms with E-state index in [2.05, 4.69) is 21.9 Å². The first-order chi connectivity index (χ1) is 32.0. The normalized spacial score (nSPS) is 15.1. The molecule has 1 aliphatic heterocycles. The molecule has 0 aliphatic carbocycles. The lowest BCUT2D eigenvalue weighted by molar-refractivity contribution is -0.121. The Morgan fingerprint density at radius 1 is 0.754 bits per heavy atom. The van der Waals surface area contributed by atoms with Crippen LogP contribution < -0.4 is 10.2 Å². The van der Waals surface area contributed by atoms with E-state index in [0.717, 1.165) is 37.4 Å². The molecule has 4 aromatic carbocycles. The van der Waals surface area contributed by atoms with Crippen LogP contribution in [0.2, 0.25) is 0 Å². The maximum absolute atomic E-state index is 12.6. The Bertz CT molecular complexity index is 3300. The summed E-state index contributed by atoms with van der Waals surface area (Å²) in [6.07, 6.45) is 14.3. The van der Waals surface area contributed by atoms with Crippen molar-refractivity contribution in [2.45, 2.75) is 116 Å². The molecule has 5 N–H and O–H groups in total. The van der Waals surface area contributed by atoms with Crippen LogP contribution >= 0.6 is 0 Å². The van der Waals surface area contributed by atoms with Gasteiger partial charge in [-0.05, 0) is 108 Å². The van der Waals surface area contributed by atoms with E-state index in [9.17, 15) is 56.7 Å². The van der Waals surface area contributed by atoms with Crippen molar-refractivity contribution in [2.24, 2.45) is 5.11 Å². The quantitative estimate of drug-likeness (QED) is 0.0122. The molecule has 0 atom stereocenters. The molecule has 0 aromatic heterocycles. The number of hydrogen-bond donors (Lipinski definition) is 5. The van der Waals surface area contributed by atoms with Gasteiger partial charge in [0.1, 0.15) is 9.79 Å². The zero-order valence-corrected chi connectivity index (χ0v) is 42.1. The molecule has 372 valence electrons. The van der Waals surface area contributed by atoms with Gasteiger partial charge in [0.05, 0.1) is 9.79 Å². The van der Waals surface area contributed by atoms with Gasteiger partial charge >= 0.3 is 0 Å². The summed E-state index contributed by atoms with van der Waals surface area (Å²) in [4.78, 5) is 14.5. The standard InChI is InChI=1S/C47H57N5O13S4/c1-31-20-21-35-37(27-33(66(54,55)56)29-40(35)68(60,61)62)44(31)46(3,4)32(2)17-11-9-12-18-42-47(5,6)45-38-28-34(67(57,58)59)30-41(69(63,64)65)36(38)22-23-39(45)52(42)26-16-10-13-19-43(53)49-24-14-7-8-15-25-50-51-48/h9,11-12,17-18,20-23,27-30H,2,7-8,10,13-16,19,24-26H2,1,3-6H3,(H,49,53)(H,54,55,56)(H,57,58,59)(H,60,61,62)(H,63,64,65)/b12-9+,17-11+,42-18-. The number of amides is 1. The Labute approximate surface area is 403 Å². The highest BCUT2D eigenvalue weighted by Crippen LogP contribution is 2.52. The van der Waals surface area contributed by atoms with Gasteiger partial charge < -0.3 is 10.2 Å². The zero-order chi connectivity index (χ0) is 51.3. The third-order valence-corrected chi connectivity index (χ3v) is 15.8. The van der Waals surface area contributed by atoms with Gasteiger partial charge in [0.2, 0.25) is 5.91 Å². The van der Waals surface area contributed by atoms with Crippen LogP contribution in [-0.4, -0.2) is 77.4 Å². The number of benzene rings is 4. The van der Waals surface area contributed by atoms with Gasteiger partial charge in [-0.2, -0.15) is 33.7 Å². The first-order valence-corrected chi connectivity index (χ1v) is 27.7. The number of rotatable bonds is 22. The number of allylic oxidation sites excluding steroid dienone is 7. The van der Waals surface area contributed by atoms with E-state index in [4.69, 9.17) is 5.53 Å². The molecule has 0 saturated heterocycles. The van der Waals surface area contributed by atoms with Gasteiger partial charge in [0.15, 0.2) is 0 Å². The highest BCUT2D eigenvalue weighted by atomic mass is 32.2. The Balaban J connectivity index is 1.46. The summed E-state index contributed by atoms with van der Waals surface area (Å²) in [5.41, 5.74) is 10.0. The second-order valence-corrected chi connectivity index (χ2v) is 23.5. The summed E-state index contributed by atoms with van der Waals surface area (Å²) in [7, 11) is -19.7. The Hall–Kier alpha value is -5.42. The number of anilines is 1. The van der Waals surface area contributed by atoms with Crippen LogP contribution in [0.3, 0.4) is 0 Å². The third kappa shape index (κ3) is 12.7. The van der Waals surface area contributed by atoms with Crippen molar-refractivity contribution in [3.05, 3.63) is 124 Å². The van der Waals surface area contributed by atoms with Crippen LogP contribution in [0.1, 0.15) is 95.8 Å². The number of aryl methyl sites for hydroxylation is 1. The van der Waals surface area contributed by atoms with Crippen molar-refractivity contribution < 1.29 is 56.7 Å². The fourth-order valence-electron chi connectivity index (χ4n) is 8.92. The molecule has 1 amide bonds. The predicted octanol–water partition coefficient (Wildman–Crippen LogP) is 9.46. The Morgan fingerprint density at radius 2 is 1.32 bits per heavy atom. The summed E-state index contributed by atoms with van der Waals surface area (Å²) < 4.78 is 139. The van der Waals surface area contributed by atoms with Crippen molar-refractivity contribution in [1.29, 1.82) is 0 Å². The van der Waals surface area contributed by atoms with Crippen LogP contribution in [0, 0.1) is 6.92 Å². The smallest absolute Gasteiger partial charge is 0.295 e. The Kier molecular flexibility index (Phi) is 16.8. The number of nitrogens with zero attached hydrogens (tertiary/aromatic N) is 4. The number of fused-ring (bicyclic) bond motifs is 4. The number of carbonyl (C=O) groups is 1. The van der Waals surface area contributed by atoms with Crippen LogP contribution in [0.25, 0.3) is 32.0 Å². The molecule has 0 spiro atoms. The lowest BCUT2D eigenvalue weighted by atomic mass is 9.74. The molecule has 4 aromatic rings. The van der Waals surface area contributed by atoms with Crippen molar-refractivity contribution in [1.82, 2.24) is 5.32 Å². The SMILES string of the molecule is C=C(/C=C/C=C/C=C1\N(CCCCCC(=O)NCCCCCCN=[N+]=[N-])c2ccc3c(S(=O)(=O)O)cc(S(=O)(=O)O)cc3c2C1(C)C)C(C)(C)c1c(C)ccc2c(S(=O)(=O)O)cc(S(=O)(=O)O)cc12. The average Bonchev–Trinajstić information content (AvgIpc) is 3.46. The Morgan fingerprint density at radius 3 is 1.91 bits per heavy atom. The topological polar surface area (TPSA) is 299 Å². The van der Waals surface area contributed by atoms with E-state index in [1.54, 1.807) is 57.2 Å². The van der Waals surface area contributed by atoms with Gasteiger partial charge in [0.25, 0.3) is 40.5 Å². The number of nitrogens with one attached hydrogen (secondary N) is 1. The minimum Gasteiger partial charge on any atom is -0.356 e. The highest BCUT2D eigenvalue weighted by molar-refractivity contribution is 7.87. The number of unbranched alkanes of at least 4 members (excludes halogenated alkanes) is 5. The number of carbonyl (C=O) groups excluding carboxylic acids is 1. The average molecular weight is 1030 g/mol. The summed E-state index contributed by atoms with van der Waals surface area (Å²) in [5.74, 6) is -0.0674. The fraction of sp³-hybridized carbons (Fsp3) is 0.383. The summed E-state index contributed by atoms with van der Waals surface area (Å²) >= 11 is 0. The van der Waals surface area contributed by atoms with Crippen molar-refractivity contribution in [3.63, 3.8) is 0 Å². The molecular weight excluding hydrogens is 971 g/mol. The highest BCUT2D eigenvalue weighted by Gasteiger charge is 2.42. The van der Waals surface area contributed by atoms with Crippen LogP contribution in [0.5, 0.6) is 0 Å². The molecule has 0 bridgehead atoms. The fourth-order valence-corrected chi connectivity index (χ4v) is 11.6. The minimum atomic E-state index is -4.97. The molecule has 0 unspecified atom stereocenters. The van der Waals surface area contributed by atoms with E-state index >= 15 is 0 Å². The maximum Gasteiger partial charge on any atom is 0.295 e. The molecule has 69 heavy (non-hydrogen) atoms. The first kappa shape index (κ1) is 54.5. The minimum absolute atomic E-state index is 0.0345. The van der Waals surface area contributed by atoms with E-state index in [-0.39, 0.29) is 27.5 Å². The summed E-state index contributed by atoms with van der Waals surface area (Å²) in [5, 5.41) is 6.87. The van der Waals surface area contributed by atoms with E-state index in [1.165, 1.54) is 18.2 Å². The predicted molar refractivity (Wildman–Crippen MR) is 265 cm³/mol. The molecule has 1 aliphatic rings. The number of azide groups is 1. The molecule has 0 saturated carbocycles. The van der Waals surface area contributed by atoms with Gasteiger partial charge in [-0.25, -0.2) is 0 Å². The molecule has 0 fully saturated rings. The molecule has 0 radical (unpaired) electrons. The van der Waals surface area contributed by atoms with Crippen LogP contribution in [0.15, 0.2) is 121 Å². The van der Waals surface area contributed by atoms with E-state index in [1.807, 2.05) is 24.8 Å². The second-order valence-electron chi connectivity index (χ2n) is 17.9. The van der Waals surface area contributed by atoms with Gasteiger partial charge in [0, 0.05) is 64.0 Å². The second kappa shape index (κ2) is 21.3. The summed E-state index contributed by atoms with van der Waals surface area (Å²) in [6, 6.07) is 9.96. The summed E-state index contributed by atoms with van der Waals surface area (Å²) in [6.45, 7) is 14.8. The first-order valence-electron chi connectivity index (χ1n) is 21.9. The lowest BCUT2D eigenvalue weighted by Crippen LogP contribution is -2.27. The van der Waals surface area contributed by atoms with Crippen LogP contribution in [-0.2, 0) is 56.1 Å². The monoisotopic (exact) mass is 1030 g/mol. The van der Waals surface area contributed by atoms with Crippen LogP contribution in [0.4, 0.5) is 5.69 Å². The molecule has 22 heteroatoms. The molecular formula is C47H57N5O13S4. The largest absolute Gasteiger partial charge is 0.356 e. The zero-order valence-electron chi connectivity index (χ0n) is 38.9. The lowest BCUT2D eigenvalue weighted by Gasteiger charge is -2.30. The molecule has 5 rings (SSSR count). The molecule has 18 nitrogen and oxygen atoms in total. The van der Waals surface area contributed by atoms with Gasteiger partial charge in [-0.3, -0.25) is 23.0 Å². The molecule has 1 heterocycles. The van der Waals surface area contributed by atoms with E-state index < -0.39 is 70.9 Å². The van der Waals surface area contributed by atoms with E-state index in [0.29, 0.717) is 85.4 Å². The van der Waals surface area contributed by atoms with Crippen molar-refractivity contribution in [2.75, 3.05) is 24.5 Å². The maximum atomic E-state index is 12.6. The van der Waals surface area contributed by atoms with Crippen molar-refractivity contribution in [3.8, 4) is 0 Å².